The molecule has 5 rings (SSSR count). The van der Waals surface area contributed by atoms with Gasteiger partial charge in [0.1, 0.15) is 24.6 Å². The molecule has 2 saturated heterocycles. The summed E-state index contributed by atoms with van der Waals surface area (Å²) >= 11 is 0. The molecule has 0 spiro atoms. The van der Waals surface area contributed by atoms with E-state index in [1.54, 1.807) is 6.08 Å². The van der Waals surface area contributed by atoms with E-state index in [1.165, 1.54) is 19.9 Å². The smallest absolute Gasteiger partial charge is 0.331 e. The van der Waals surface area contributed by atoms with E-state index in [0.29, 0.717) is 19.4 Å². The van der Waals surface area contributed by atoms with Crippen LogP contribution in [0.15, 0.2) is 36.4 Å². The molecule has 42 heavy (non-hydrogen) atoms. The highest BCUT2D eigenvalue weighted by molar-refractivity contribution is 5.87. The summed E-state index contributed by atoms with van der Waals surface area (Å²) in [5, 5.41) is 0. The lowest BCUT2D eigenvalue weighted by Gasteiger charge is -2.66. The lowest BCUT2D eigenvalue weighted by Crippen LogP contribution is -2.72. The second-order valence-corrected chi connectivity index (χ2v) is 12.8. The quantitative estimate of drug-likeness (QED) is 0.198. The Morgan fingerprint density at radius 2 is 1.67 bits per heavy atom. The van der Waals surface area contributed by atoms with Crippen molar-refractivity contribution >= 4 is 30.3 Å². The molecule has 0 unspecified atom stereocenters. The van der Waals surface area contributed by atoms with Crippen molar-refractivity contribution in [1.82, 2.24) is 0 Å². The van der Waals surface area contributed by atoms with Crippen LogP contribution in [-0.2, 0) is 42.9 Å². The fourth-order valence-corrected chi connectivity index (χ4v) is 8.54. The van der Waals surface area contributed by atoms with Crippen molar-refractivity contribution < 1.29 is 42.9 Å². The van der Waals surface area contributed by atoms with Crippen LogP contribution in [-0.4, -0.2) is 61.5 Å². The summed E-state index contributed by atoms with van der Waals surface area (Å²) in [5.41, 5.74) is -0.948. The van der Waals surface area contributed by atoms with Gasteiger partial charge in [0.05, 0.1) is 12.7 Å². The third-order valence-electron chi connectivity index (χ3n) is 10.6. The van der Waals surface area contributed by atoms with Gasteiger partial charge in [-0.05, 0) is 37.3 Å². The molecule has 9 nitrogen and oxygen atoms in total. The molecular formula is C33H42O9. The fraction of sp³-hybridized carbons (Fsp3) is 0.636. The highest BCUT2D eigenvalue weighted by Crippen LogP contribution is 2.66. The minimum atomic E-state index is -1.04. The predicted molar refractivity (Wildman–Crippen MR) is 151 cm³/mol. The van der Waals surface area contributed by atoms with Crippen molar-refractivity contribution in [2.45, 2.75) is 91.0 Å². The summed E-state index contributed by atoms with van der Waals surface area (Å²) in [6.07, 6.45) is 3.40. The number of fused-ring (bicyclic) bond motifs is 2. The molecule has 0 radical (unpaired) electrons. The number of hydrogen-bond acceptors (Lipinski definition) is 9. The number of carbonyl (C=O) groups is 4. The Labute approximate surface area is 247 Å². The van der Waals surface area contributed by atoms with Gasteiger partial charge in [-0.1, -0.05) is 51.1 Å². The normalized spacial score (nSPS) is 41.0. The van der Waals surface area contributed by atoms with E-state index >= 15 is 0 Å². The van der Waals surface area contributed by atoms with Crippen LogP contribution in [0.25, 0.3) is 6.08 Å². The Morgan fingerprint density at radius 3 is 2.31 bits per heavy atom. The molecule has 1 aromatic rings. The Bertz CT molecular complexity index is 1200. The van der Waals surface area contributed by atoms with E-state index in [0.717, 1.165) is 24.7 Å². The van der Waals surface area contributed by atoms with Gasteiger partial charge < -0.3 is 28.5 Å². The van der Waals surface area contributed by atoms with Crippen molar-refractivity contribution in [3.8, 4) is 0 Å². The molecule has 4 fully saturated rings. The average molecular weight is 583 g/mol. The van der Waals surface area contributed by atoms with Crippen LogP contribution in [0.5, 0.6) is 0 Å². The molecule has 2 aliphatic carbocycles. The van der Waals surface area contributed by atoms with Gasteiger partial charge in [-0.3, -0.25) is 9.59 Å². The number of aldehydes is 1. The first-order valence-corrected chi connectivity index (χ1v) is 15.0. The van der Waals surface area contributed by atoms with Gasteiger partial charge in [0.25, 0.3) is 0 Å². The average Bonchev–Trinajstić information content (AvgIpc) is 3.56. The molecule has 2 heterocycles. The molecule has 0 bridgehead atoms. The number of carbonyl (C=O) groups excluding carboxylic acids is 4. The van der Waals surface area contributed by atoms with Gasteiger partial charge in [0.15, 0.2) is 6.29 Å². The summed E-state index contributed by atoms with van der Waals surface area (Å²) in [6, 6.07) is 9.35. The third-order valence-corrected chi connectivity index (χ3v) is 10.6. The maximum Gasteiger partial charge on any atom is 0.331 e. The molecule has 1 aromatic carbocycles. The summed E-state index contributed by atoms with van der Waals surface area (Å²) in [6.45, 7) is 9.32. The molecule has 2 saturated carbocycles. The van der Waals surface area contributed by atoms with E-state index in [4.69, 9.17) is 23.7 Å². The first-order chi connectivity index (χ1) is 20.0. The first kappa shape index (κ1) is 30.4. The fourth-order valence-electron chi connectivity index (χ4n) is 8.54. The third kappa shape index (κ3) is 5.30. The van der Waals surface area contributed by atoms with E-state index in [9.17, 15) is 19.2 Å². The van der Waals surface area contributed by atoms with Crippen LogP contribution >= 0.6 is 0 Å². The van der Waals surface area contributed by atoms with Crippen LogP contribution in [0.2, 0.25) is 0 Å². The zero-order valence-corrected chi connectivity index (χ0v) is 25.0. The molecule has 2 aliphatic heterocycles. The molecule has 4 aliphatic rings. The molecule has 9 heteroatoms. The van der Waals surface area contributed by atoms with Crippen molar-refractivity contribution in [3.63, 3.8) is 0 Å². The van der Waals surface area contributed by atoms with Gasteiger partial charge >= 0.3 is 17.9 Å². The standard InChI is InChI=1S/C33H42O9/c1-19-28(40-21(3)36)30(42-27(37)14-11-22-9-7-6-8-10-22)33(5)24(18-34)12-13-25(39-20(2)35)29(33)32(19,4)26-17-23-15-16-38-31(23)41-26/h6-11,14,18-19,23-26,28-31H,12-13,15-17H2,1-5H3/b14-11-/t19-,23-,24+,25-,26+,28-,29-,30+,31+,32-,33+/m1/s1. The van der Waals surface area contributed by atoms with Gasteiger partial charge in [-0.15, -0.1) is 0 Å². The zero-order valence-electron chi connectivity index (χ0n) is 25.0. The number of benzene rings is 1. The molecule has 0 N–H and O–H groups in total. The lowest BCUT2D eigenvalue weighted by atomic mass is 9.41. The largest absolute Gasteiger partial charge is 0.462 e. The van der Waals surface area contributed by atoms with E-state index < -0.39 is 58.9 Å². The second-order valence-electron chi connectivity index (χ2n) is 12.8. The van der Waals surface area contributed by atoms with E-state index in [2.05, 4.69) is 6.92 Å². The summed E-state index contributed by atoms with van der Waals surface area (Å²) in [4.78, 5) is 51.1. The van der Waals surface area contributed by atoms with Crippen molar-refractivity contribution in [2.24, 2.45) is 34.5 Å². The molecule has 0 amide bonds. The number of rotatable bonds is 7. The predicted octanol–water partition coefficient (Wildman–Crippen LogP) is 4.51. The van der Waals surface area contributed by atoms with Crippen LogP contribution < -0.4 is 0 Å². The van der Waals surface area contributed by atoms with Gasteiger partial charge in [0.2, 0.25) is 0 Å². The molecule has 11 atom stereocenters. The van der Waals surface area contributed by atoms with Gasteiger partial charge in [0, 0.05) is 54.4 Å². The monoisotopic (exact) mass is 582 g/mol. The van der Waals surface area contributed by atoms with Gasteiger partial charge in [-0.2, -0.15) is 0 Å². The maximum atomic E-state index is 13.4. The van der Waals surface area contributed by atoms with E-state index in [-0.39, 0.29) is 24.2 Å². The number of esters is 3. The molecule has 0 aromatic heterocycles. The highest BCUT2D eigenvalue weighted by Gasteiger charge is 2.72. The van der Waals surface area contributed by atoms with Crippen molar-refractivity contribution in [1.29, 1.82) is 0 Å². The highest BCUT2D eigenvalue weighted by atomic mass is 16.7. The minimum Gasteiger partial charge on any atom is -0.462 e. The zero-order chi connectivity index (χ0) is 30.2. The van der Waals surface area contributed by atoms with Crippen LogP contribution in [0.1, 0.15) is 65.9 Å². The molecule has 228 valence electrons. The van der Waals surface area contributed by atoms with Gasteiger partial charge in [-0.25, -0.2) is 4.79 Å². The summed E-state index contributed by atoms with van der Waals surface area (Å²) in [5.74, 6) is -2.70. The number of ether oxygens (including phenoxy) is 5. The SMILES string of the molecule is CC(=O)O[C@@H]1[C@@H](C)[C@](C)([C@@H]2C[C@H]3CCO[C@H]3O2)[C@H]2[C@H](OC(C)=O)CC[C@@H](C=O)[C@]2(C)[C@H]1OC(=O)/C=C\c1ccccc1. The molecular weight excluding hydrogens is 540 g/mol. The summed E-state index contributed by atoms with van der Waals surface area (Å²) < 4.78 is 30.6. The first-order valence-electron chi connectivity index (χ1n) is 15.0. The second kappa shape index (κ2) is 11.9. The number of hydrogen-bond donors (Lipinski definition) is 0. The lowest BCUT2D eigenvalue weighted by molar-refractivity contribution is -0.287. The van der Waals surface area contributed by atoms with Crippen LogP contribution in [0.4, 0.5) is 0 Å². The van der Waals surface area contributed by atoms with E-state index in [1.807, 2.05) is 44.2 Å². The van der Waals surface area contributed by atoms with Crippen molar-refractivity contribution in [3.05, 3.63) is 42.0 Å². The maximum absolute atomic E-state index is 13.4. The minimum absolute atomic E-state index is 0.230. The van der Waals surface area contributed by atoms with Crippen LogP contribution in [0.3, 0.4) is 0 Å². The Balaban J connectivity index is 1.60. The Morgan fingerprint density at radius 1 is 0.952 bits per heavy atom. The Hall–Kier alpha value is -3.04. The van der Waals surface area contributed by atoms with Crippen LogP contribution in [0, 0.1) is 34.5 Å². The van der Waals surface area contributed by atoms with Crippen molar-refractivity contribution in [2.75, 3.05) is 6.61 Å². The Kier molecular flexibility index (Phi) is 8.63. The summed E-state index contributed by atoms with van der Waals surface area (Å²) in [7, 11) is 0. The topological polar surface area (TPSA) is 114 Å².